The van der Waals surface area contributed by atoms with E-state index < -0.39 is 35.4 Å². The first kappa shape index (κ1) is 23.4. The van der Waals surface area contributed by atoms with Gasteiger partial charge in [-0.05, 0) is 67.5 Å². The highest BCUT2D eigenvalue weighted by Crippen LogP contribution is 2.60. The summed E-state index contributed by atoms with van der Waals surface area (Å²) < 4.78 is 52.0. The van der Waals surface area contributed by atoms with Crippen LogP contribution >= 0.6 is 31.9 Å². The lowest BCUT2D eigenvalue weighted by atomic mass is 10.1. The van der Waals surface area contributed by atoms with Gasteiger partial charge in [-0.25, -0.2) is 13.2 Å². The van der Waals surface area contributed by atoms with Crippen molar-refractivity contribution in [2.75, 3.05) is 0 Å². The zero-order chi connectivity index (χ0) is 22.9. The van der Waals surface area contributed by atoms with Crippen molar-refractivity contribution in [3.8, 4) is 17.6 Å². The zero-order valence-electron chi connectivity index (χ0n) is 16.3. The Balaban J connectivity index is 1.79. The summed E-state index contributed by atoms with van der Waals surface area (Å²) in [6.45, 7) is 3.83. The molecule has 0 radical (unpaired) electrons. The summed E-state index contributed by atoms with van der Waals surface area (Å²) in [6, 6.07) is 8.14. The van der Waals surface area contributed by atoms with Crippen LogP contribution in [0.1, 0.15) is 25.5 Å². The number of ether oxygens (including phenoxy) is 2. The van der Waals surface area contributed by atoms with Crippen molar-refractivity contribution in [3.63, 3.8) is 0 Å². The minimum absolute atomic E-state index is 0.0754. The highest BCUT2D eigenvalue weighted by molar-refractivity contribution is 9.28. The second-order valence-electron chi connectivity index (χ2n) is 7.59. The van der Waals surface area contributed by atoms with E-state index in [4.69, 9.17) is 9.47 Å². The smallest absolute Gasteiger partial charge is 0.311 e. The number of benzene rings is 2. The number of nitriles is 1. The zero-order valence-corrected chi connectivity index (χ0v) is 19.5. The summed E-state index contributed by atoms with van der Waals surface area (Å²) in [7, 11) is 0. The van der Waals surface area contributed by atoms with Gasteiger partial charge in [-0.2, -0.15) is 5.26 Å². The summed E-state index contributed by atoms with van der Waals surface area (Å²) in [6.07, 6.45) is 0.549. The number of allylic oxidation sites excluding steroid dienone is 1. The predicted molar refractivity (Wildman–Crippen MR) is 114 cm³/mol. The fourth-order valence-electron chi connectivity index (χ4n) is 3.36. The average molecular weight is 559 g/mol. The van der Waals surface area contributed by atoms with Gasteiger partial charge in [-0.1, -0.05) is 26.0 Å². The molecule has 2 aromatic rings. The maximum absolute atomic E-state index is 14.2. The van der Waals surface area contributed by atoms with Crippen LogP contribution in [0.25, 0.3) is 0 Å². The first-order valence-electron chi connectivity index (χ1n) is 9.10. The summed E-state index contributed by atoms with van der Waals surface area (Å²) >= 11 is 6.55. The topological polar surface area (TPSA) is 59.3 Å². The van der Waals surface area contributed by atoms with Crippen LogP contribution in [0.4, 0.5) is 13.2 Å². The van der Waals surface area contributed by atoms with Crippen LogP contribution in [0.15, 0.2) is 45.9 Å². The van der Waals surface area contributed by atoms with E-state index in [-0.39, 0.29) is 28.4 Å². The Morgan fingerprint density at radius 1 is 1.13 bits per heavy atom. The Hall–Kier alpha value is -2.31. The van der Waals surface area contributed by atoms with Gasteiger partial charge in [0.2, 0.25) is 6.10 Å². The Labute approximate surface area is 193 Å². The van der Waals surface area contributed by atoms with Gasteiger partial charge in [-0.15, -0.1) is 0 Å². The Kier molecular flexibility index (Phi) is 6.82. The molecule has 0 amide bonds. The molecule has 0 spiro atoms. The van der Waals surface area contributed by atoms with Crippen LogP contribution in [-0.4, -0.2) is 5.97 Å². The van der Waals surface area contributed by atoms with Gasteiger partial charge in [0.25, 0.3) is 0 Å². The quantitative estimate of drug-likeness (QED) is 0.361. The second-order valence-corrected chi connectivity index (χ2v) is 10.4. The molecule has 2 aromatic carbocycles. The number of rotatable bonds is 6. The van der Waals surface area contributed by atoms with Crippen LogP contribution in [0.3, 0.4) is 0 Å². The molecule has 162 valence electrons. The summed E-state index contributed by atoms with van der Waals surface area (Å²) in [4.78, 5) is 12.7. The fraction of sp³-hybridized carbons (Fsp3) is 0.273. The molecule has 31 heavy (non-hydrogen) atoms. The molecule has 1 aliphatic rings. The summed E-state index contributed by atoms with van der Waals surface area (Å²) in [5.74, 6) is -4.52. The largest absolute Gasteiger partial charge is 0.454 e. The van der Waals surface area contributed by atoms with E-state index in [1.807, 2.05) is 26.0 Å². The minimum atomic E-state index is -1.30. The Morgan fingerprint density at radius 3 is 2.42 bits per heavy atom. The summed E-state index contributed by atoms with van der Waals surface area (Å²) in [5, 5.41) is 9.51. The number of esters is 1. The van der Waals surface area contributed by atoms with Gasteiger partial charge in [0.1, 0.15) is 11.8 Å². The number of halogens is 5. The lowest BCUT2D eigenvalue weighted by molar-refractivity contribution is -0.149. The minimum Gasteiger partial charge on any atom is -0.454 e. The molecule has 1 aliphatic carbocycles. The molecule has 1 unspecified atom stereocenters. The van der Waals surface area contributed by atoms with Gasteiger partial charge in [0.15, 0.2) is 23.2 Å². The summed E-state index contributed by atoms with van der Waals surface area (Å²) in [5.41, 5.74) is -0.157. The van der Waals surface area contributed by atoms with E-state index in [1.165, 1.54) is 12.1 Å². The molecule has 0 heterocycles. The molecule has 0 saturated heterocycles. The normalized spacial score (nSPS) is 19.7. The highest BCUT2D eigenvalue weighted by Gasteiger charge is 2.61. The molecule has 0 aromatic heterocycles. The average Bonchev–Trinajstić information content (AvgIpc) is 3.23. The molecule has 0 N–H and O–H groups in total. The predicted octanol–water partition coefficient (Wildman–Crippen LogP) is 6.91. The van der Waals surface area contributed by atoms with Gasteiger partial charge >= 0.3 is 5.97 Å². The van der Waals surface area contributed by atoms with Crippen molar-refractivity contribution < 1.29 is 27.4 Å². The first-order chi connectivity index (χ1) is 14.5. The van der Waals surface area contributed by atoms with Gasteiger partial charge in [0.05, 0.1) is 9.31 Å². The van der Waals surface area contributed by atoms with E-state index in [2.05, 4.69) is 31.9 Å². The monoisotopic (exact) mass is 557 g/mol. The number of carbonyl (C=O) groups is 1. The standard InChI is InChI=1S/C22H16Br2F3NO3/c1-22(2)13(9-19(23)24)20(22)21(29)31-18(10-28)11-3-5-15(26)17(7-11)30-12-4-6-14(25)16(27)8-12/h3-9,13,18,20H,1-2H3/t13-,18?,20-/m0/s1. The third-order valence-electron chi connectivity index (χ3n) is 5.20. The molecular weight excluding hydrogens is 543 g/mol. The number of carbonyl (C=O) groups excluding carboxylic acids is 1. The number of hydrogen-bond donors (Lipinski definition) is 0. The maximum atomic E-state index is 14.2. The molecule has 0 aliphatic heterocycles. The van der Waals surface area contributed by atoms with E-state index in [0.29, 0.717) is 3.39 Å². The molecular formula is C22H16Br2F3NO3. The van der Waals surface area contributed by atoms with Crippen molar-refractivity contribution in [1.29, 1.82) is 5.26 Å². The molecule has 1 saturated carbocycles. The van der Waals surface area contributed by atoms with Crippen molar-refractivity contribution >= 4 is 37.8 Å². The number of hydrogen-bond acceptors (Lipinski definition) is 4. The molecule has 4 nitrogen and oxygen atoms in total. The third-order valence-corrected chi connectivity index (χ3v) is 5.73. The first-order valence-corrected chi connectivity index (χ1v) is 10.7. The molecule has 3 rings (SSSR count). The van der Waals surface area contributed by atoms with Gasteiger partial charge in [-0.3, -0.25) is 4.79 Å². The second kappa shape index (κ2) is 9.05. The lowest BCUT2D eigenvalue weighted by Crippen LogP contribution is -2.14. The molecule has 0 bridgehead atoms. The van der Waals surface area contributed by atoms with E-state index >= 15 is 0 Å². The van der Waals surface area contributed by atoms with Crippen molar-refractivity contribution in [1.82, 2.24) is 0 Å². The van der Waals surface area contributed by atoms with Crippen LogP contribution in [-0.2, 0) is 9.53 Å². The van der Waals surface area contributed by atoms with Crippen molar-refractivity contribution in [3.05, 3.63) is 68.9 Å². The SMILES string of the molecule is CC1(C)[C@H](C(=O)OC(C#N)c2ccc(F)c(Oc3ccc(F)c(F)c3)c2)[C@@H]1C=C(Br)Br. The van der Waals surface area contributed by atoms with Crippen molar-refractivity contribution in [2.24, 2.45) is 17.3 Å². The lowest BCUT2D eigenvalue weighted by Gasteiger charge is -2.14. The van der Waals surface area contributed by atoms with Crippen LogP contribution in [0, 0.1) is 46.0 Å². The maximum Gasteiger partial charge on any atom is 0.311 e. The molecule has 9 heteroatoms. The van der Waals surface area contributed by atoms with Gasteiger partial charge in [0, 0.05) is 11.6 Å². The van der Waals surface area contributed by atoms with E-state index in [1.54, 1.807) is 0 Å². The van der Waals surface area contributed by atoms with E-state index in [0.717, 1.165) is 24.3 Å². The van der Waals surface area contributed by atoms with Crippen molar-refractivity contribution in [2.45, 2.75) is 20.0 Å². The third kappa shape index (κ3) is 5.13. The molecule has 3 atom stereocenters. The Morgan fingerprint density at radius 2 is 1.81 bits per heavy atom. The van der Waals surface area contributed by atoms with Gasteiger partial charge < -0.3 is 9.47 Å². The molecule has 1 fully saturated rings. The Bertz CT molecular complexity index is 1090. The van der Waals surface area contributed by atoms with Crippen LogP contribution in [0.2, 0.25) is 0 Å². The highest BCUT2D eigenvalue weighted by atomic mass is 79.9. The van der Waals surface area contributed by atoms with Crippen LogP contribution < -0.4 is 4.74 Å². The van der Waals surface area contributed by atoms with E-state index in [9.17, 15) is 23.2 Å². The number of nitrogens with zero attached hydrogens (tertiary/aromatic N) is 1. The fourth-order valence-corrected chi connectivity index (χ4v) is 3.93. The van der Waals surface area contributed by atoms with Crippen LogP contribution in [0.5, 0.6) is 11.5 Å².